The summed E-state index contributed by atoms with van der Waals surface area (Å²) in [6.07, 6.45) is 4.66. The lowest BCUT2D eigenvalue weighted by atomic mass is 9.97. The van der Waals surface area contributed by atoms with Gasteiger partial charge in [0, 0.05) is 19.2 Å². The van der Waals surface area contributed by atoms with Crippen molar-refractivity contribution in [1.82, 2.24) is 15.0 Å². The van der Waals surface area contributed by atoms with Crippen molar-refractivity contribution in [3.05, 3.63) is 41.7 Å². The highest BCUT2D eigenvalue weighted by Gasteiger charge is 2.25. The fourth-order valence-corrected chi connectivity index (χ4v) is 3.18. The molecule has 0 amide bonds. The van der Waals surface area contributed by atoms with Gasteiger partial charge in [-0.3, -0.25) is 9.48 Å². The number of carbonyl (C=O) groups excluding carboxylic acids is 1. The molecule has 0 N–H and O–H groups in total. The first-order valence-electron chi connectivity index (χ1n) is 12.4. The first-order valence-corrected chi connectivity index (χ1v) is 12.4. The summed E-state index contributed by atoms with van der Waals surface area (Å²) < 4.78 is 19.4. The molecule has 0 spiro atoms. The molecule has 1 aromatic heterocycles. The number of esters is 1. The van der Waals surface area contributed by atoms with Gasteiger partial charge in [-0.05, 0) is 58.1 Å². The largest absolute Gasteiger partial charge is 0.427 e. The summed E-state index contributed by atoms with van der Waals surface area (Å²) in [5.41, 5.74) is 1.38. The van der Waals surface area contributed by atoms with Crippen molar-refractivity contribution in [2.45, 2.75) is 98.2 Å². The van der Waals surface area contributed by atoms with Crippen LogP contribution >= 0.6 is 0 Å². The zero-order valence-electron chi connectivity index (χ0n) is 22.6. The highest BCUT2D eigenvalue weighted by molar-refractivity contribution is 6.08. The Morgan fingerprint density at radius 3 is 2.26 bits per heavy atom. The first kappa shape index (κ1) is 29.0. The van der Waals surface area contributed by atoms with Crippen LogP contribution in [-0.4, -0.2) is 53.2 Å². The van der Waals surface area contributed by atoms with Gasteiger partial charge in [-0.25, -0.2) is 0 Å². The van der Waals surface area contributed by atoms with Crippen LogP contribution in [-0.2, 0) is 33.6 Å². The van der Waals surface area contributed by atoms with Crippen molar-refractivity contribution in [3.8, 4) is 5.75 Å². The van der Waals surface area contributed by atoms with Crippen LogP contribution in [0.5, 0.6) is 5.75 Å². The maximum atomic E-state index is 12.1. The van der Waals surface area contributed by atoms with Gasteiger partial charge in [0.15, 0.2) is 0 Å². The third-order valence-electron chi connectivity index (χ3n) is 5.60. The van der Waals surface area contributed by atoms with Gasteiger partial charge in [0.25, 0.3) is 0 Å². The molecule has 2 rings (SSSR count). The Bertz CT molecular complexity index is 917. The van der Waals surface area contributed by atoms with Crippen molar-refractivity contribution in [2.24, 2.45) is 5.41 Å². The number of carbonyl (C=O) groups is 1. The molecule has 0 fully saturated rings. The van der Waals surface area contributed by atoms with Crippen molar-refractivity contribution in [1.29, 1.82) is 0 Å². The average molecular weight is 483 g/mol. The van der Waals surface area contributed by atoms with E-state index in [4.69, 9.17) is 22.1 Å². The van der Waals surface area contributed by atoms with Crippen LogP contribution in [0.2, 0.25) is 0 Å². The van der Waals surface area contributed by atoms with E-state index >= 15 is 0 Å². The molecular weight excluding hydrogens is 441 g/mol. The standard InChI is InChI=1S/C27H42BN3O4/c1-25(2,3)20-34-27(6,7)15-17-33-26(4,5)14-16-31-19-22(29-30-31)10-13-24(32)35-23-11-8-21(18-28)9-12-23/h8-9,11-12,19H,10,13-18,20H2,1-7H3. The monoisotopic (exact) mass is 483 g/mol. The fraction of sp³-hybridized carbons (Fsp3) is 0.667. The number of aryl methyl sites for hydroxylation is 2. The molecular formula is C27H42BN3O4. The maximum absolute atomic E-state index is 12.1. The Balaban J connectivity index is 1.70. The molecule has 2 aromatic rings. The maximum Gasteiger partial charge on any atom is 0.311 e. The van der Waals surface area contributed by atoms with E-state index in [9.17, 15) is 4.79 Å². The van der Waals surface area contributed by atoms with Gasteiger partial charge < -0.3 is 14.2 Å². The van der Waals surface area contributed by atoms with E-state index in [1.165, 1.54) is 0 Å². The highest BCUT2D eigenvalue weighted by Crippen LogP contribution is 2.23. The lowest BCUT2D eigenvalue weighted by Gasteiger charge is -2.32. The number of rotatable bonds is 14. The van der Waals surface area contributed by atoms with Crippen LogP contribution < -0.4 is 4.74 Å². The number of benzene rings is 1. The van der Waals surface area contributed by atoms with E-state index in [2.05, 4.69) is 58.8 Å². The van der Waals surface area contributed by atoms with Gasteiger partial charge in [0.2, 0.25) is 0 Å². The van der Waals surface area contributed by atoms with Gasteiger partial charge in [0.1, 0.15) is 5.75 Å². The average Bonchev–Trinajstić information content (AvgIpc) is 3.23. The predicted octanol–water partition coefficient (Wildman–Crippen LogP) is 4.90. The highest BCUT2D eigenvalue weighted by atomic mass is 16.5. The molecule has 0 saturated heterocycles. The Hall–Kier alpha value is -2.19. The summed E-state index contributed by atoms with van der Waals surface area (Å²) in [7, 11) is 5.59. The molecule has 192 valence electrons. The smallest absolute Gasteiger partial charge is 0.311 e. The second-order valence-corrected chi connectivity index (χ2v) is 11.5. The van der Waals surface area contributed by atoms with E-state index in [0.29, 0.717) is 31.6 Å². The van der Waals surface area contributed by atoms with Crippen LogP contribution in [0.3, 0.4) is 0 Å². The molecule has 7 nitrogen and oxygen atoms in total. The van der Waals surface area contributed by atoms with E-state index < -0.39 is 0 Å². The number of hydrogen-bond donors (Lipinski definition) is 0. The van der Waals surface area contributed by atoms with Crippen molar-refractivity contribution in [2.75, 3.05) is 13.2 Å². The van der Waals surface area contributed by atoms with Crippen LogP contribution in [0, 0.1) is 5.41 Å². The van der Waals surface area contributed by atoms with Crippen LogP contribution in [0.4, 0.5) is 0 Å². The quantitative estimate of drug-likeness (QED) is 0.216. The molecule has 0 bridgehead atoms. The summed E-state index contributed by atoms with van der Waals surface area (Å²) in [6.45, 7) is 16.9. The SMILES string of the molecule is [B]Cc1ccc(OC(=O)CCc2cn(CCC(C)(C)OCCC(C)(C)OCC(C)(C)C)nn2)cc1. The number of nitrogens with zero attached hydrogens (tertiary/aromatic N) is 3. The summed E-state index contributed by atoms with van der Waals surface area (Å²) in [5, 5.41) is 8.38. The van der Waals surface area contributed by atoms with Crippen LogP contribution in [0.15, 0.2) is 30.5 Å². The molecule has 0 unspecified atom stereocenters. The van der Waals surface area contributed by atoms with Gasteiger partial charge in [-0.2, -0.15) is 0 Å². The molecule has 0 atom stereocenters. The van der Waals surface area contributed by atoms with Gasteiger partial charge in [-0.1, -0.05) is 50.0 Å². The summed E-state index contributed by atoms with van der Waals surface area (Å²) in [4.78, 5) is 12.1. The zero-order chi connectivity index (χ0) is 26.1. The summed E-state index contributed by atoms with van der Waals surface area (Å²) >= 11 is 0. The van der Waals surface area contributed by atoms with E-state index in [1.807, 2.05) is 18.3 Å². The minimum absolute atomic E-state index is 0.144. The van der Waals surface area contributed by atoms with Crippen molar-refractivity contribution in [3.63, 3.8) is 0 Å². The molecule has 0 saturated carbocycles. The first-order chi connectivity index (χ1) is 16.3. The lowest BCUT2D eigenvalue weighted by molar-refractivity contribution is -0.134. The minimum Gasteiger partial charge on any atom is -0.427 e. The molecule has 0 aliphatic heterocycles. The normalized spacial score (nSPS) is 12.7. The van der Waals surface area contributed by atoms with Gasteiger partial charge >= 0.3 is 5.97 Å². The molecule has 1 heterocycles. The van der Waals surface area contributed by atoms with Gasteiger partial charge in [0.05, 0.1) is 44.4 Å². The Kier molecular flexibility index (Phi) is 10.5. The molecule has 35 heavy (non-hydrogen) atoms. The predicted molar refractivity (Wildman–Crippen MR) is 139 cm³/mol. The third kappa shape index (κ3) is 11.9. The Morgan fingerprint density at radius 2 is 1.63 bits per heavy atom. The molecule has 1 aromatic carbocycles. The zero-order valence-corrected chi connectivity index (χ0v) is 22.6. The Labute approximate surface area is 212 Å². The topological polar surface area (TPSA) is 75.5 Å². The second-order valence-electron chi connectivity index (χ2n) is 11.5. The van der Waals surface area contributed by atoms with Crippen LogP contribution in [0.1, 0.15) is 79.0 Å². The number of ether oxygens (including phenoxy) is 3. The van der Waals surface area contributed by atoms with E-state index in [-0.39, 0.29) is 29.0 Å². The molecule has 0 aliphatic rings. The second kappa shape index (κ2) is 12.7. The van der Waals surface area contributed by atoms with Crippen LogP contribution in [0.25, 0.3) is 0 Å². The number of hydrogen-bond acceptors (Lipinski definition) is 6. The Morgan fingerprint density at radius 1 is 0.971 bits per heavy atom. The lowest BCUT2D eigenvalue weighted by Crippen LogP contribution is -2.33. The molecule has 2 radical (unpaired) electrons. The summed E-state index contributed by atoms with van der Waals surface area (Å²) in [6, 6.07) is 7.20. The van der Waals surface area contributed by atoms with E-state index in [0.717, 1.165) is 30.7 Å². The number of aromatic nitrogens is 3. The molecule has 8 heteroatoms. The summed E-state index contributed by atoms with van der Waals surface area (Å²) in [5.74, 6) is 0.214. The van der Waals surface area contributed by atoms with Crippen molar-refractivity contribution < 1.29 is 19.0 Å². The molecule has 0 aliphatic carbocycles. The van der Waals surface area contributed by atoms with Gasteiger partial charge in [-0.15, -0.1) is 5.10 Å². The fourth-order valence-electron chi connectivity index (χ4n) is 3.18. The third-order valence-corrected chi connectivity index (χ3v) is 5.60. The van der Waals surface area contributed by atoms with Crippen molar-refractivity contribution >= 4 is 13.8 Å². The minimum atomic E-state index is -0.302. The van der Waals surface area contributed by atoms with E-state index in [1.54, 1.807) is 16.8 Å².